The van der Waals surface area contributed by atoms with Gasteiger partial charge in [-0.2, -0.15) is 13.2 Å². The lowest BCUT2D eigenvalue weighted by Crippen LogP contribution is -2.80. The Morgan fingerprint density at radius 3 is 1.65 bits per heavy atom. The second-order valence-corrected chi connectivity index (χ2v) is 26.3. The van der Waals surface area contributed by atoms with Gasteiger partial charge in [-0.1, -0.05) is 60.7 Å². The first-order valence-corrected chi connectivity index (χ1v) is 33.7. The highest BCUT2D eigenvalue weighted by atomic mass is 19.4. The van der Waals surface area contributed by atoms with E-state index in [0.717, 1.165) is 24.0 Å². The molecule has 97 heavy (non-hydrogen) atoms. The summed E-state index contributed by atoms with van der Waals surface area (Å²) in [6.07, 6.45) is 4.12. The number of ether oxygens (including phenoxy) is 1. The Morgan fingerprint density at radius 2 is 1.15 bits per heavy atom. The van der Waals surface area contributed by atoms with Crippen molar-refractivity contribution in [2.75, 3.05) is 141 Å². The number of hydrogen-bond donors (Lipinski definition) is 5. The quantitative estimate of drug-likeness (QED) is 0.0326. The first-order chi connectivity index (χ1) is 46.5. The van der Waals surface area contributed by atoms with Crippen LogP contribution in [0, 0.1) is 17.3 Å². The number of amides is 4. The number of nitrogens with zero attached hydrogens (tertiary/aromatic N) is 12. The molecule has 1 saturated carbocycles. The molecule has 0 bridgehead atoms. The molecule has 6 atom stereocenters. The van der Waals surface area contributed by atoms with Crippen molar-refractivity contribution in [1.82, 2.24) is 65.2 Å². The maximum Gasteiger partial charge on any atom is 0.471 e. The molecule has 2 aromatic carbocycles. The van der Waals surface area contributed by atoms with Gasteiger partial charge in [0.1, 0.15) is 17.6 Å². The molecule has 25 heteroatoms. The van der Waals surface area contributed by atoms with Crippen LogP contribution in [0.5, 0.6) is 0 Å². The van der Waals surface area contributed by atoms with Crippen molar-refractivity contribution in [2.24, 2.45) is 27.2 Å². The van der Waals surface area contributed by atoms with E-state index >= 15 is 14.4 Å². The summed E-state index contributed by atoms with van der Waals surface area (Å²) in [6.45, 7) is 7.82. The van der Waals surface area contributed by atoms with Gasteiger partial charge in [0.15, 0.2) is 6.23 Å². The Bertz CT molecular complexity index is 3330. The van der Waals surface area contributed by atoms with Crippen molar-refractivity contribution in [1.29, 1.82) is 0 Å². The van der Waals surface area contributed by atoms with Gasteiger partial charge in [-0.3, -0.25) is 60.1 Å². The van der Waals surface area contributed by atoms with E-state index in [2.05, 4.69) is 16.0 Å². The van der Waals surface area contributed by atoms with Gasteiger partial charge in [-0.05, 0) is 147 Å². The van der Waals surface area contributed by atoms with Crippen molar-refractivity contribution in [3.63, 3.8) is 0 Å². The zero-order chi connectivity index (χ0) is 70.1. The lowest BCUT2D eigenvalue weighted by molar-refractivity contribution is -0.208. The molecule has 1 aliphatic heterocycles. The van der Waals surface area contributed by atoms with Gasteiger partial charge in [-0.25, -0.2) is 0 Å². The fourth-order valence-electron chi connectivity index (χ4n) is 11.9. The van der Waals surface area contributed by atoms with Crippen molar-refractivity contribution in [3.8, 4) is 0 Å². The number of aliphatic imine (C=N–C) groups is 2. The molecule has 1 aliphatic carbocycles. The number of pyridine rings is 3. The van der Waals surface area contributed by atoms with E-state index in [0.29, 0.717) is 73.0 Å². The summed E-state index contributed by atoms with van der Waals surface area (Å²) in [6, 6.07) is 26.2. The number of aliphatic hydroxyl groups is 2. The minimum Gasteiger partial charge on any atom is -0.396 e. The Morgan fingerprint density at radius 1 is 0.660 bits per heavy atom. The molecule has 0 radical (unpaired) electrons. The third-order valence-corrected chi connectivity index (χ3v) is 17.9. The van der Waals surface area contributed by atoms with Crippen LogP contribution in [-0.2, 0) is 56.4 Å². The number of hydrogen-bond acceptors (Lipinski definition) is 18. The first kappa shape index (κ1) is 76.9. The lowest BCUT2D eigenvalue weighted by atomic mass is 9.78. The number of aromatic nitrogens is 3. The molecule has 1 saturated heterocycles. The molecule has 6 unspecified atom stereocenters. The normalized spacial score (nSPS) is 17.2. The maximum absolute atomic E-state index is 17.1. The molecule has 7 rings (SSSR count). The summed E-state index contributed by atoms with van der Waals surface area (Å²) in [7, 11) is 11.3. The number of halogens is 3. The summed E-state index contributed by atoms with van der Waals surface area (Å²) in [5.74, 6) is -4.34. The first-order valence-electron chi connectivity index (χ1n) is 33.7. The zero-order valence-corrected chi connectivity index (χ0v) is 58.0. The highest BCUT2D eigenvalue weighted by Gasteiger charge is 2.60. The Balaban J connectivity index is 1.41. The number of carbonyl (C=O) groups excluding carboxylic acids is 4. The number of rotatable bonds is 39. The molecule has 4 amide bonds. The highest BCUT2D eigenvalue weighted by molar-refractivity contribution is 6.02. The van der Waals surface area contributed by atoms with Crippen LogP contribution in [0.2, 0.25) is 0 Å². The zero-order valence-electron chi connectivity index (χ0n) is 58.0. The standard InChI is InChI=1S/C72H102F3N15O7/c1-10-87(34-31-84(4)5)65(93)63(81-45-60-39-55(23-28-78-60)42-76-44-57(49-91)37-53-19-15-13-16-20-53)71(68(95)89(12-3)36-33-86(8)9,83-47-61-40-56(24-29-79-61)43-77-51-70(52-92)26-27-70)64(66(94)88(11-2)35-32-85(6)7)82-46-62-41-59(25-30-80-62)67-90(69(96)72(73,74)75)48-58(50-97-67)38-54-21-17-14-18-22-54/h13-25,28-30,39-43,57-58,63-64,67,81-83,91-92H,10-12,26-27,31-38,44-52H2,1-9H3. The highest BCUT2D eigenvalue weighted by Crippen LogP contribution is 2.45. The Kier molecular flexibility index (Phi) is 29.7. The van der Waals surface area contributed by atoms with Crippen LogP contribution in [0.25, 0.3) is 0 Å². The number of likely N-dealkylation sites (N-methyl/N-ethyl adjacent to an activating group) is 6. The summed E-state index contributed by atoms with van der Waals surface area (Å²) < 4.78 is 50.2. The minimum atomic E-state index is -5.23. The molecule has 2 aliphatic rings. The lowest BCUT2D eigenvalue weighted by Gasteiger charge is -2.48. The van der Waals surface area contributed by atoms with Crippen LogP contribution in [0.15, 0.2) is 126 Å². The SMILES string of the molecule is CCN(CCN(C)C)C(=O)C(NCc1cc(C=NCC(CO)Cc2ccccc2)ccn1)C(NCc1cc(C=NCC2(CO)CC2)ccn1)(C(=O)N(CC)CCN(C)C)C(NCc1cc(C2OCC(Cc3ccccc3)CN2C(=O)C(F)(F)F)ccn1)C(=O)N(CC)CCN(C)C. The second kappa shape index (κ2) is 37.5. The molecule has 0 spiro atoms. The molecule has 528 valence electrons. The molecule has 4 heterocycles. The van der Waals surface area contributed by atoms with E-state index in [1.807, 2.05) is 151 Å². The van der Waals surface area contributed by atoms with Crippen LogP contribution < -0.4 is 16.0 Å². The summed E-state index contributed by atoms with van der Waals surface area (Å²) in [4.78, 5) is 98.9. The molecular formula is C72H102F3N15O7. The largest absolute Gasteiger partial charge is 0.471 e. The fourth-order valence-corrected chi connectivity index (χ4v) is 11.9. The van der Waals surface area contributed by atoms with Gasteiger partial charge in [0.25, 0.3) is 0 Å². The second-order valence-electron chi connectivity index (χ2n) is 26.3. The molecule has 22 nitrogen and oxygen atoms in total. The average Bonchev–Trinajstić information content (AvgIpc) is 0.898. The monoisotopic (exact) mass is 1350 g/mol. The average molecular weight is 1350 g/mol. The van der Waals surface area contributed by atoms with E-state index in [1.165, 1.54) is 18.3 Å². The van der Waals surface area contributed by atoms with Gasteiger partial charge >= 0.3 is 12.1 Å². The minimum absolute atomic E-state index is 0.0252. The summed E-state index contributed by atoms with van der Waals surface area (Å²) in [5.41, 5.74) is 2.09. The summed E-state index contributed by atoms with van der Waals surface area (Å²) >= 11 is 0. The number of benzene rings is 2. The summed E-state index contributed by atoms with van der Waals surface area (Å²) in [5, 5.41) is 31.2. The Labute approximate surface area is 570 Å². The van der Waals surface area contributed by atoms with Crippen LogP contribution in [0.3, 0.4) is 0 Å². The van der Waals surface area contributed by atoms with E-state index in [9.17, 15) is 28.2 Å². The predicted octanol–water partition coefficient (Wildman–Crippen LogP) is 4.99. The van der Waals surface area contributed by atoms with Crippen LogP contribution >= 0.6 is 0 Å². The van der Waals surface area contributed by atoms with Crippen molar-refractivity contribution in [3.05, 3.63) is 161 Å². The van der Waals surface area contributed by atoms with Crippen molar-refractivity contribution in [2.45, 2.75) is 96.1 Å². The Hall–Kier alpha value is -7.46. The molecule has 5 aromatic rings. The molecular weight excluding hydrogens is 1240 g/mol. The third-order valence-electron chi connectivity index (χ3n) is 17.9. The van der Waals surface area contributed by atoms with E-state index in [-0.39, 0.29) is 108 Å². The van der Waals surface area contributed by atoms with E-state index in [1.54, 1.807) is 51.7 Å². The molecule has 5 N–H and O–H groups in total. The van der Waals surface area contributed by atoms with Gasteiger partial charge in [0, 0.05) is 159 Å². The number of aliphatic hydroxyl groups excluding tert-OH is 2. The van der Waals surface area contributed by atoms with Gasteiger partial charge in [0.05, 0.1) is 30.3 Å². The van der Waals surface area contributed by atoms with Gasteiger partial charge < -0.3 is 49.2 Å². The number of alkyl halides is 3. The maximum atomic E-state index is 17.1. The predicted molar refractivity (Wildman–Crippen MR) is 370 cm³/mol. The van der Waals surface area contributed by atoms with Crippen LogP contribution in [0.1, 0.15) is 84.7 Å². The van der Waals surface area contributed by atoms with Crippen LogP contribution in [0.4, 0.5) is 13.2 Å². The fraction of sp³-hybridized carbons (Fsp3) is 0.542. The van der Waals surface area contributed by atoms with Gasteiger partial charge in [0.2, 0.25) is 17.7 Å². The topological polar surface area (TPSA) is 240 Å². The van der Waals surface area contributed by atoms with E-state index in [4.69, 9.17) is 29.7 Å². The third kappa shape index (κ3) is 22.5. The smallest absolute Gasteiger partial charge is 0.396 e. The van der Waals surface area contributed by atoms with Crippen molar-refractivity contribution >= 4 is 36.1 Å². The van der Waals surface area contributed by atoms with Gasteiger partial charge in [-0.15, -0.1) is 0 Å². The van der Waals surface area contributed by atoms with Crippen molar-refractivity contribution < 1.29 is 47.3 Å². The van der Waals surface area contributed by atoms with Crippen LogP contribution in [-0.4, -0.2) is 260 Å². The molecule has 2 fully saturated rings. The molecule has 3 aromatic heterocycles. The number of nitrogens with one attached hydrogen (secondary N) is 3. The number of carbonyl (C=O) groups is 4. The van der Waals surface area contributed by atoms with E-state index < -0.39 is 59.6 Å².